The van der Waals surface area contributed by atoms with Gasteiger partial charge in [0.15, 0.2) is 0 Å². The number of rotatable bonds is 4. The Bertz CT molecular complexity index is 702. The lowest BCUT2D eigenvalue weighted by Crippen LogP contribution is -2.02. The Hall–Kier alpha value is -1.40. The molecule has 0 aliphatic carbocycles. The van der Waals surface area contributed by atoms with Crippen LogP contribution in [0.3, 0.4) is 0 Å². The number of aryl methyl sites for hydroxylation is 2. The Balaban J connectivity index is 2.23. The number of nitro benzene ring substituents is 1. The van der Waals surface area contributed by atoms with Crippen molar-refractivity contribution in [3.05, 3.63) is 66.1 Å². The van der Waals surface area contributed by atoms with Crippen molar-refractivity contribution < 1.29 is 4.92 Å². The summed E-state index contributed by atoms with van der Waals surface area (Å²) in [7, 11) is 0. The van der Waals surface area contributed by atoms with Gasteiger partial charge in [0, 0.05) is 27.1 Å². The molecule has 21 heavy (non-hydrogen) atoms. The molecular weight excluding hydrogens is 400 g/mol. The van der Waals surface area contributed by atoms with Crippen LogP contribution in [-0.2, 0) is 6.54 Å². The van der Waals surface area contributed by atoms with Gasteiger partial charge in [-0.2, -0.15) is 0 Å². The number of nitrogens with one attached hydrogen (secondary N) is 1. The summed E-state index contributed by atoms with van der Waals surface area (Å²) in [5.74, 6) is 0. The fourth-order valence-electron chi connectivity index (χ4n) is 1.98. The maximum absolute atomic E-state index is 11.0. The predicted molar refractivity (Wildman–Crippen MR) is 91.7 cm³/mol. The second-order valence-corrected chi connectivity index (χ2v) is 6.53. The van der Waals surface area contributed by atoms with E-state index in [1.54, 1.807) is 19.1 Å². The van der Waals surface area contributed by atoms with Crippen LogP contribution < -0.4 is 5.32 Å². The Labute approximate surface area is 140 Å². The van der Waals surface area contributed by atoms with Crippen molar-refractivity contribution in [1.29, 1.82) is 0 Å². The molecule has 0 aliphatic rings. The zero-order valence-electron chi connectivity index (χ0n) is 11.6. The summed E-state index contributed by atoms with van der Waals surface area (Å²) in [5, 5.41) is 14.2. The molecule has 0 heterocycles. The van der Waals surface area contributed by atoms with Crippen LogP contribution in [0.1, 0.15) is 16.7 Å². The van der Waals surface area contributed by atoms with Crippen LogP contribution in [0.2, 0.25) is 0 Å². The van der Waals surface area contributed by atoms with Crippen molar-refractivity contribution >= 4 is 43.2 Å². The van der Waals surface area contributed by atoms with Gasteiger partial charge in [-0.15, -0.1) is 0 Å². The topological polar surface area (TPSA) is 55.2 Å². The number of hydrogen-bond acceptors (Lipinski definition) is 3. The molecule has 0 saturated heterocycles. The summed E-state index contributed by atoms with van der Waals surface area (Å²) in [4.78, 5) is 10.6. The Morgan fingerprint density at radius 3 is 2.48 bits per heavy atom. The van der Waals surface area contributed by atoms with Gasteiger partial charge in [-0.1, -0.05) is 28.1 Å². The number of anilines is 1. The highest BCUT2D eigenvalue weighted by Gasteiger charge is 2.14. The fourth-order valence-corrected chi connectivity index (χ4v) is 3.21. The number of nitrogens with zero attached hydrogens (tertiary/aromatic N) is 1. The van der Waals surface area contributed by atoms with E-state index in [9.17, 15) is 10.1 Å². The lowest BCUT2D eigenvalue weighted by Gasteiger charge is -2.11. The molecule has 0 saturated carbocycles. The molecule has 6 heteroatoms. The molecule has 0 radical (unpaired) electrons. The number of hydrogen-bond donors (Lipinski definition) is 1. The van der Waals surface area contributed by atoms with E-state index in [1.165, 1.54) is 5.56 Å². The lowest BCUT2D eigenvalue weighted by molar-refractivity contribution is -0.385. The molecule has 1 N–H and O–H groups in total. The van der Waals surface area contributed by atoms with Crippen LogP contribution in [0.5, 0.6) is 0 Å². The van der Waals surface area contributed by atoms with E-state index in [4.69, 9.17) is 0 Å². The smallest absolute Gasteiger partial charge is 0.274 e. The normalized spacial score (nSPS) is 10.5. The molecule has 4 nitrogen and oxygen atoms in total. The third-order valence-corrected chi connectivity index (χ3v) is 4.55. The van der Waals surface area contributed by atoms with Crippen LogP contribution in [0.25, 0.3) is 0 Å². The van der Waals surface area contributed by atoms with Crippen molar-refractivity contribution in [1.82, 2.24) is 0 Å². The maximum Gasteiger partial charge on any atom is 0.274 e. The van der Waals surface area contributed by atoms with E-state index in [0.29, 0.717) is 17.8 Å². The van der Waals surface area contributed by atoms with Gasteiger partial charge >= 0.3 is 0 Å². The van der Waals surface area contributed by atoms with Crippen LogP contribution in [0.4, 0.5) is 11.4 Å². The van der Waals surface area contributed by atoms with E-state index in [0.717, 1.165) is 14.5 Å². The monoisotopic (exact) mass is 412 g/mol. The van der Waals surface area contributed by atoms with Gasteiger partial charge in [-0.25, -0.2) is 0 Å². The van der Waals surface area contributed by atoms with Gasteiger partial charge in [0.25, 0.3) is 5.69 Å². The SMILES string of the molecule is Cc1ccc(CNc2cc([N+](=O)[O-])c(C)cc2Br)c(Br)c1. The van der Waals surface area contributed by atoms with Gasteiger partial charge < -0.3 is 5.32 Å². The molecule has 0 fully saturated rings. The third-order valence-electron chi connectivity index (χ3n) is 3.16. The molecule has 0 spiro atoms. The maximum atomic E-state index is 11.0. The summed E-state index contributed by atoms with van der Waals surface area (Å²) in [6, 6.07) is 9.42. The molecule has 0 atom stereocenters. The molecule has 2 aromatic rings. The molecular formula is C15H14Br2N2O2. The van der Waals surface area contributed by atoms with Crippen molar-refractivity contribution in [2.45, 2.75) is 20.4 Å². The zero-order valence-corrected chi connectivity index (χ0v) is 14.8. The van der Waals surface area contributed by atoms with E-state index < -0.39 is 0 Å². The highest BCUT2D eigenvalue weighted by atomic mass is 79.9. The highest BCUT2D eigenvalue weighted by Crippen LogP contribution is 2.31. The minimum atomic E-state index is -0.366. The van der Waals surface area contributed by atoms with Gasteiger partial charge in [-0.05, 0) is 53.0 Å². The molecule has 0 amide bonds. The second-order valence-electron chi connectivity index (χ2n) is 4.82. The van der Waals surface area contributed by atoms with Crippen molar-refractivity contribution in [3.63, 3.8) is 0 Å². The third kappa shape index (κ3) is 3.83. The Morgan fingerprint density at radius 2 is 1.86 bits per heavy atom. The first-order valence-electron chi connectivity index (χ1n) is 6.32. The average molecular weight is 414 g/mol. The van der Waals surface area contributed by atoms with Crippen molar-refractivity contribution in [2.75, 3.05) is 5.32 Å². The minimum Gasteiger partial charge on any atom is -0.380 e. The van der Waals surface area contributed by atoms with Crippen LogP contribution >= 0.6 is 31.9 Å². The van der Waals surface area contributed by atoms with Gasteiger partial charge in [-0.3, -0.25) is 10.1 Å². The first-order chi connectivity index (χ1) is 9.88. The molecule has 0 aliphatic heterocycles. The summed E-state index contributed by atoms with van der Waals surface area (Å²) in [5.41, 5.74) is 3.73. The molecule has 110 valence electrons. The minimum absolute atomic E-state index is 0.115. The van der Waals surface area contributed by atoms with E-state index >= 15 is 0 Å². The van der Waals surface area contributed by atoms with Crippen LogP contribution in [-0.4, -0.2) is 4.92 Å². The predicted octanol–water partition coefficient (Wildman–Crippen LogP) is 5.35. The first-order valence-corrected chi connectivity index (χ1v) is 7.90. The van der Waals surface area contributed by atoms with E-state index in [1.807, 2.05) is 25.1 Å². The van der Waals surface area contributed by atoms with Crippen molar-refractivity contribution in [2.24, 2.45) is 0 Å². The lowest BCUT2D eigenvalue weighted by atomic mass is 10.1. The molecule has 2 rings (SSSR count). The highest BCUT2D eigenvalue weighted by molar-refractivity contribution is 9.11. The van der Waals surface area contributed by atoms with Gasteiger partial charge in [0.2, 0.25) is 0 Å². The van der Waals surface area contributed by atoms with Gasteiger partial charge in [0.1, 0.15) is 0 Å². The van der Waals surface area contributed by atoms with Crippen LogP contribution in [0, 0.1) is 24.0 Å². The molecule has 0 aromatic heterocycles. The number of halogens is 2. The molecule has 0 bridgehead atoms. The van der Waals surface area contributed by atoms with E-state index in [-0.39, 0.29) is 10.6 Å². The largest absolute Gasteiger partial charge is 0.380 e. The van der Waals surface area contributed by atoms with Gasteiger partial charge in [0.05, 0.1) is 10.6 Å². The average Bonchev–Trinajstić information content (AvgIpc) is 2.39. The standard InChI is InChI=1S/C15H14Br2N2O2/c1-9-3-4-11(12(16)5-9)8-18-14-7-15(19(20)21)10(2)6-13(14)17/h3-7,18H,8H2,1-2H3. The second kappa shape index (κ2) is 6.58. The molecule has 2 aromatic carbocycles. The summed E-state index contributed by atoms with van der Waals surface area (Å²) in [6.45, 7) is 4.34. The zero-order chi connectivity index (χ0) is 15.6. The number of benzene rings is 2. The molecule has 0 unspecified atom stereocenters. The summed E-state index contributed by atoms with van der Waals surface area (Å²) >= 11 is 6.97. The first kappa shape index (κ1) is 16.0. The van der Waals surface area contributed by atoms with Crippen molar-refractivity contribution in [3.8, 4) is 0 Å². The summed E-state index contributed by atoms with van der Waals surface area (Å²) in [6.07, 6.45) is 0. The fraction of sp³-hybridized carbons (Fsp3) is 0.200. The number of nitro groups is 1. The summed E-state index contributed by atoms with van der Waals surface area (Å²) < 4.78 is 1.83. The quantitative estimate of drug-likeness (QED) is 0.542. The Morgan fingerprint density at radius 1 is 1.14 bits per heavy atom. The van der Waals surface area contributed by atoms with E-state index in [2.05, 4.69) is 37.2 Å². The Kier molecular flexibility index (Phi) is 5.00. The van der Waals surface area contributed by atoms with Crippen LogP contribution in [0.15, 0.2) is 39.3 Å².